The summed E-state index contributed by atoms with van der Waals surface area (Å²) in [5.74, 6) is 0.825. The molecule has 1 aliphatic rings. The summed E-state index contributed by atoms with van der Waals surface area (Å²) in [7, 11) is 0. The van der Waals surface area contributed by atoms with Gasteiger partial charge in [0.05, 0.1) is 22.6 Å². The highest BCUT2D eigenvalue weighted by Crippen LogP contribution is 2.29. The highest BCUT2D eigenvalue weighted by molar-refractivity contribution is 7.71. The lowest BCUT2D eigenvalue weighted by Gasteiger charge is -2.36. The van der Waals surface area contributed by atoms with Crippen LogP contribution in [0.4, 0.5) is 17.1 Å². The van der Waals surface area contributed by atoms with Gasteiger partial charge in [-0.2, -0.15) is 0 Å². The minimum absolute atomic E-state index is 0.609. The predicted molar refractivity (Wildman–Crippen MR) is 113 cm³/mol. The largest absolute Gasteiger partial charge is 0.490 e. The fourth-order valence-corrected chi connectivity index (χ4v) is 3.71. The Balaban J connectivity index is 1.31. The van der Waals surface area contributed by atoms with Crippen molar-refractivity contribution < 1.29 is 4.74 Å². The van der Waals surface area contributed by atoms with Crippen LogP contribution in [0.3, 0.4) is 0 Å². The molecule has 4 rings (SSSR count). The molecule has 1 aliphatic heterocycles. The number of hydrogen-bond acceptors (Lipinski definition) is 6. The van der Waals surface area contributed by atoms with E-state index in [1.807, 2.05) is 36.4 Å². The van der Waals surface area contributed by atoms with E-state index in [9.17, 15) is 0 Å². The quantitative estimate of drug-likeness (QED) is 0.399. The zero-order valence-electron chi connectivity index (χ0n) is 15.1. The van der Waals surface area contributed by atoms with Gasteiger partial charge in [-0.1, -0.05) is 12.1 Å². The number of nitrogens with one attached hydrogen (secondary N) is 2. The molecule has 0 spiro atoms. The van der Waals surface area contributed by atoms with Crippen LogP contribution in [-0.2, 0) is 0 Å². The lowest BCUT2D eigenvalue weighted by molar-refractivity contribution is 0.201. The first-order valence-corrected chi connectivity index (χ1v) is 9.48. The molecule has 2 aromatic carbocycles. The Morgan fingerprint density at radius 2 is 1.78 bits per heavy atom. The molecule has 27 heavy (non-hydrogen) atoms. The zero-order valence-corrected chi connectivity index (χ0v) is 15.9. The van der Waals surface area contributed by atoms with Gasteiger partial charge in [-0.05, 0) is 36.5 Å². The molecule has 0 radical (unpaired) electrons. The fourth-order valence-electron chi connectivity index (χ4n) is 3.49. The second-order valence-corrected chi connectivity index (χ2v) is 7.12. The average molecular weight is 385 g/mol. The van der Waals surface area contributed by atoms with E-state index in [2.05, 4.69) is 19.8 Å². The zero-order chi connectivity index (χ0) is 18.8. The van der Waals surface area contributed by atoms with E-state index in [1.165, 1.54) is 0 Å². The molecule has 1 aromatic heterocycles. The molecule has 3 aromatic rings. The number of imidazole rings is 1. The Labute approximate surface area is 162 Å². The number of benzene rings is 2. The van der Waals surface area contributed by atoms with Crippen LogP contribution in [0.2, 0.25) is 0 Å². The molecule has 2 heterocycles. The third kappa shape index (κ3) is 3.72. The standard InChI is InChI=1S/C19H24N6OS/c20-13-3-1-5-15(17(13)21)25-9-7-24(8-10-25)11-12-26-16-6-2-4-14-18(16)23-19(27)22-14/h1-6H,7-12,20-21H2,(H2,22,23,27). The van der Waals surface area contributed by atoms with Crippen LogP contribution in [0.1, 0.15) is 0 Å². The average Bonchev–Trinajstić information content (AvgIpc) is 3.06. The molecule has 0 aliphatic carbocycles. The summed E-state index contributed by atoms with van der Waals surface area (Å²) in [6.45, 7) is 5.29. The van der Waals surface area contributed by atoms with Crippen molar-refractivity contribution in [1.29, 1.82) is 0 Å². The number of H-pyrrole nitrogens is 2. The number of aromatic amines is 2. The van der Waals surface area contributed by atoms with Crippen molar-refractivity contribution >= 4 is 40.3 Å². The number of nitrogens with zero attached hydrogens (tertiary/aromatic N) is 2. The van der Waals surface area contributed by atoms with E-state index in [0.29, 0.717) is 22.8 Å². The molecule has 1 saturated heterocycles. The first-order valence-electron chi connectivity index (χ1n) is 9.07. The third-order valence-corrected chi connectivity index (χ3v) is 5.21. The van der Waals surface area contributed by atoms with Crippen LogP contribution in [0.15, 0.2) is 36.4 Å². The number of piperazine rings is 1. The smallest absolute Gasteiger partial charge is 0.175 e. The maximum atomic E-state index is 6.13. The minimum Gasteiger partial charge on any atom is -0.490 e. The number of fused-ring (bicyclic) bond motifs is 1. The fraction of sp³-hybridized carbons (Fsp3) is 0.316. The Morgan fingerprint density at radius 3 is 2.59 bits per heavy atom. The van der Waals surface area contributed by atoms with Crippen LogP contribution >= 0.6 is 12.2 Å². The molecule has 0 amide bonds. The van der Waals surface area contributed by atoms with Crippen molar-refractivity contribution in [2.45, 2.75) is 0 Å². The van der Waals surface area contributed by atoms with Gasteiger partial charge in [-0.25, -0.2) is 0 Å². The van der Waals surface area contributed by atoms with E-state index >= 15 is 0 Å². The Morgan fingerprint density at radius 1 is 1.00 bits per heavy atom. The molecular formula is C19H24N6OS. The van der Waals surface area contributed by atoms with Crippen molar-refractivity contribution in [2.24, 2.45) is 0 Å². The van der Waals surface area contributed by atoms with Crippen molar-refractivity contribution in [3.8, 4) is 5.75 Å². The normalized spacial score (nSPS) is 15.3. The van der Waals surface area contributed by atoms with Crippen LogP contribution < -0.4 is 21.1 Å². The number of nitrogen functional groups attached to an aromatic ring is 2. The second kappa shape index (κ2) is 7.50. The maximum absolute atomic E-state index is 6.13. The summed E-state index contributed by atoms with van der Waals surface area (Å²) < 4.78 is 6.60. The van der Waals surface area contributed by atoms with Gasteiger partial charge < -0.3 is 31.1 Å². The second-order valence-electron chi connectivity index (χ2n) is 6.72. The third-order valence-electron chi connectivity index (χ3n) is 5.01. The monoisotopic (exact) mass is 384 g/mol. The van der Waals surface area contributed by atoms with Gasteiger partial charge in [-0.3, -0.25) is 4.90 Å². The van der Waals surface area contributed by atoms with Gasteiger partial charge in [-0.15, -0.1) is 0 Å². The number of para-hydroxylation sites is 2. The molecule has 0 bridgehead atoms. The summed E-state index contributed by atoms with van der Waals surface area (Å²) in [6, 6.07) is 11.7. The SMILES string of the molecule is Nc1cccc(N2CCN(CCOc3cccc4[nH]c(=S)[nH]c34)CC2)c1N. The van der Waals surface area contributed by atoms with Gasteiger partial charge in [0, 0.05) is 32.7 Å². The number of nitrogens with two attached hydrogens (primary N) is 2. The van der Waals surface area contributed by atoms with E-state index in [1.54, 1.807) is 0 Å². The molecule has 1 fully saturated rings. The van der Waals surface area contributed by atoms with E-state index in [-0.39, 0.29) is 0 Å². The summed E-state index contributed by atoms with van der Waals surface area (Å²) in [6.07, 6.45) is 0. The molecular weight excluding hydrogens is 360 g/mol. The molecule has 142 valence electrons. The van der Waals surface area contributed by atoms with Crippen LogP contribution in [-0.4, -0.2) is 54.2 Å². The lowest BCUT2D eigenvalue weighted by atomic mass is 10.2. The van der Waals surface area contributed by atoms with Gasteiger partial charge in [0.2, 0.25) is 0 Å². The first-order chi connectivity index (χ1) is 13.1. The van der Waals surface area contributed by atoms with Crippen molar-refractivity contribution in [1.82, 2.24) is 14.9 Å². The lowest BCUT2D eigenvalue weighted by Crippen LogP contribution is -2.47. The maximum Gasteiger partial charge on any atom is 0.175 e. The van der Waals surface area contributed by atoms with Crippen molar-refractivity contribution in [3.63, 3.8) is 0 Å². The van der Waals surface area contributed by atoms with Crippen LogP contribution in [0, 0.1) is 4.77 Å². The molecule has 0 unspecified atom stereocenters. The summed E-state index contributed by atoms with van der Waals surface area (Å²) in [5, 5.41) is 0. The molecule has 8 heteroatoms. The molecule has 7 nitrogen and oxygen atoms in total. The Hall–Kier alpha value is -2.71. The van der Waals surface area contributed by atoms with E-state index in [4.69, 9.17) is 28.4 Å². The topological polar surface area (TPSA) is 99.3 Å². The Kier molecular flexibility index (Phi) is 4.91. The van der Waals surface area contributed by atoms with Gasteiger partial charge in [0.1, 0.15) is 17.9 Å². The number of aromatic nitrogens is 2. The summed E-state index contributed by atoms with van der Waals surface area (Å²) in [5.41, 5.74) is 16.3. The number of hydrogen-bond donors (Lipinski definition) is 4. The van der Waals surface area contributed by atoms with Gasteiger partial charge in [0.25, 0.3) is 0 Å². The predicted octanol–water partition coefficient (Wildman–Crippen LogP) is 2.59. The number of anilines is 3. The number of rotatable bonds is 5. The van der Waals surface area contributed by atoms with Crippen molar-refractivity contribution in [2.75, 3.05) is 55.7 Å². The van der Waals surface area contributed by atoms with Crippen LogP contribution in [0.25, 0.3) is 11.0 Å². The van der Waals surface area contributed by atoms with E-state index in [0.717, 1.165) is 55.2 Å². The molecule has 6 N–H and O–H groups in total. The van der Waals surface area contributed by atoms with Crippen molar-refractivity contribution in [3.05, 3.63) is 41.2 Å². The summed E-state index contributed by atoms with van der Waals surface area (Å²) in [4.78, 5) is 10.9. The van der Waals surface area contributed by atoms with Crippen LogP contribution in [0.5, 0.6) is 5.75 Å². The van der Waals surface area contributed by atoms with Gasteiger partial charge in [0.15, 0.2) is 4.77 Å². The first kappa shape index (κ1) is 17.7. The minimum atomic E-state index is 0.609. The number of ether oxygens (including phenoxy) is 1. The Bertz CT molecular complexity index is 989. The summed E-state index contributed by atoms with van der Waals surface area (Å²) >= 11 is 5.16. The van der Waals surface area contributed by atoms with Gasteiger partial charge >= 0.3 is 0 Å². The van der Waals surface area contributed by atoms with E-state index < -0.39 is 0 Å². The molecule has 0 atom stereocenters. The highest BCUT2D eigenvalue weighted by atomic mass is 32.1. The highest BCUT2D eigenvalue weighted by Gasteiger charge is 2.19. The molecule has 0 saturated carbocycles.